The topological polar surface area (TPSA) is 78.9 Å². The first-order valence-electron chi connectivity index (χ1n) is 8.00. The molecule has 1 saturated heterocycles. The zero-order valence-electron chi connectivity index (χ0n) is 13.2. The van der Waals surface area contributed by atoms with E-state index < -0.39 is 11.9 Å². The number of carboxylic acid groups (broad SMARTS) is 1. The molecule has 1 saturated carbocycles. The normalized spacial score (nSPS) is 26.5. The first kappa shape index (κ1) is 15.6. The number of hydrogen-bond acceptors (Lipinski definition) is 3. The number of likely N-dealkylation sites (tertiary alicyclic amines) is 1. The third kappa shape index (κ3) is 3.57. The lowest BCUT2D eigenvalue weighted by atomic mass is 9.99. The molecule has 2 amide bonds. The summed E-state index contributed by atoms with van der Waals surface area (Å²) in [4.78, 5) is 25.0. The summed E-state index contributed by atoms with van der Waals surface area (Å²) in [5.41, 5.74) is 1.16. The second-order valence-electron chi connectivity index (χ2n) is 6.30. The van der Waals surface area contributed by atoms with Crippen molar-refractivity contribution in [2.24, 2.45) is 5.92 Å². The molecule has 3 atom stereocenters. The van der Waals surface area contributed by atoms with E-state index in [1.807, 2.05) is 24.3 Å². The van der Waals surface area contributed by atoms with E-state index in [1.54, 1.807) is 12.0 Å². The second-order valence-corrected chi connectivity index (χ2v) is 6.30. The van der Waals surface area contributed by atoms with Crippen LogP contribution in [0.3, 0.4) is 0 Å². The number of nitrogens with zero attached hydrogens (tertiary/aromatic N) is 1. The van der Waals surface area contributed by atoms with Crippen LogP contribution in [0.2, 0.25) is 0 Å². The summed E-state index contributed by atoms with van der Waals surface area (Å²) in [6, 6.07) is 7.87. The van der Waals surface area contributed by atoms with Gasteiger partial charge in [0.05, 0.1) is 13.0 Å². The lowest BCUT2D eigenvalue weighted by Gasteiger charge is -2.30. The lowest BCUT2D eigenvalue weighted by molar-refractivity contribution is -0.143. The Balaban J connectivity index is 1.54. The van der Waals surface area contributed by atoms with Crippen LogP contribution in [0.1, 0.15) is 30.7 Å². The molecule has 1 aromatic carbocycles. The van der Waals surface area contributed by atoms with Crippen LogP contribution in [0, 0.1) is 5.92 Å². The third-order valence-corrected chi connectivity index (χ3v) is 4.68. The Labute approximate surface area is 135 Å². The first-order valence-corrected chi connectivity index (χ1v) is 8.00. The van der Waals surface area contributed by atoms with Crippen molar-refractivity contribution in [2.75, 3.05) is 20.2 Å². The van der Waals surface area contributed by atoms with Gasteiger partial charge in [-0.15, -0.1) is 0 Å². The van der Waals surface area contributed by atoms with Crippen molar-refractivity contribution in [2.45, 2.75) is 31.2 Å². The minimum Gasteiger partial charge on any atom is -0.497 e. The predicted molar refractivity (Wildman–Crippen MR) is 84.6 cm³/mol. The molecule has 1 heterocycles. The fourth-order valence-corrected chi connectivity index (χ4v) is 3.21. The van der Waals surface area contributed by atoms with E-state index in [-0.39, 0.29) is 12.1 Å². The molecule has 23 heavy (non-hydrogen) atoms. The average molecular weight is 318 g/mol. The fourth-order valence-electron chi connectivity index (χ4n) is 3.21. The van der Waals surface area contributed by atoms with Gasteiger partial charge in [0.25, 0.3) is 0 Å². The quantitative estimate of drug-likeness (QED) is 0.890. The van der Waals surface area contributed by atoms with Crippen LogP contribution in [0.25, 0.3) is 0 Å². The number of nitrogens with one attached hydrogen (secondary N) is 1. The summed E-state index contributed by atoms with van der Waals surface area (Å²) >= 11 is 0. The van der Waals surface area contributed by atoms with Gasteiger partial charge in [0.2, 0.25) is 0 Å². The highest BCUT2D eigenvalue weighted by molar-refractivity contribution is 5.77. The summed E-state index contributed by atoms with van der Waals surface area (Å²) in [6.07, 6.45) is 2.30. The van der Waals surface area contributed by atoms with Gasteiger partial charge in [-0.25, -0.2) is 4.79 Å². The lowest BCUT2D eigenvalue weighted by Crippen LogP contribution is -2.47. The number of carboxylic acids is 1. The number of ether oxygens (including phenoxy) is 1. The number of rotatable bonds is 4. The van der Waals surface area contributed by atoms with E-state index in [0.717, 1.165) is 24.2 Å². The van der Waals surface area contributed by atoms with Gasteiger partial charge in [-0.2, -0.15) is 0 Å². The van der Waals surface area contributed by atoms with Crippen LogP contribution in [-0.4, -0.2) is 48.2 Å². The third-order valence-electron chi connectivity index (χ3n) is 4.68. The number of amides is 2. The van der Waals surface area contributed by atoms with Crippen molar-refractivity contribution in [1.82, 2.24) is 10.2 Å². The minimum absolute atomic E-state index is 0.125. The van der Waals surface area contributed by atoms with Crippen LogP contribution in [0.4, 0.5) is 4.79 Å². The summed E-state index contributed by atoms with van der Waals surface area (Å²) in [5.74, 6) is -0.125. The molecule has 1 unspecified atom stereocenters. The van der Waals surface area contributed by atoms with E-state index in [1.165, 1.54) is 0 Å². The van der Waals surface area contributed by atoms with Gasteiger partial charge < -0.3 is 20.1 Å². The molecule has 1 aliphatic heterocycles. The Bertz CT molecular complexity index is 604. The van der Waals surface area contributed by atoms with E-state index in [9.17, 15) is 9.59 Å². The highest BCUT2D eigenvalue weighted by Crippen LogP contribution is 2.41. The largest absolute Gasteiger partial charge is 0.497 e. The number of hydrogen-bond donors (Lipinski definition) is 2. The van der Waals surface area contributed by atoms with Crippen molar-refractivity contribution in [3.8, 4) is 5.75 Å². The number of aliphatic carboxylic acids is 1. The number of urea groups is 1. The maximum Gasteiger partial charge on any atom is 0.317 e. The van der Waals surface area contributed by atoms with Crippen molar-refractivity contribution >= 4 is 12.0 Å². The highest BCUT2D eigenvalue weighted by atomic mass is 16.5. The molecule has 0 bridgehead atoms. The molecule has 0 radical (unpaired) electrons. The molecular formula is C17H22N2O4. The molecule has 6 heteroatoms. The fraction of sp³-hybridized carbons (Fsp3) is 0.529. The van der Waals surface area contributed by atoms with E-state index in [2.05, 4.69) is 5.32 Å². The Morgan fingerprint density at radius 3 is 2.96 bits per heavy atom. The molecule has 1 aliphatic carbocycles. The number of carbonyl (C=O) groups excluding carboxylic acids is 1. The van der Waals surface area contributed by atoms with Crippen LogP contribution in [-0.2, 0) is 4.79 Å². The van der Waals surface area contributed by atoms with Gasteiger partial charge >= 0.3 is 12.0 Å². The zero-order chi connectivity index (χ0) is 16.4. The Hall–Kier alpha value is -2.24. The Morgan fingerprint density at radius 1 is 1.39 bits per heavy atom. The van der Waals surface area contributed by atoms with E-state index in [4.69, 9.17) is 9.84 Å². The van der Waals surface area contributed by atoms with Crippen molar-refractivity contribution in [3.63, 3.8) is 0 Å². The number of carbonyl (C=O) groups is 2. The highest BCUT2D eigenvalue weighted by Gasteiger charge is 2.41. The Morgan fingerprint density at radius 2 is 2.22 bits per heavy atom. The van der Waals surface area contributed by atoms with Crippen molar-refractivity contribution < 1.29 is 19.4 Å². The van der Waals surface area contributed by atoms with Gasteiger partial charge in [0.15, 0.2) is 0 Å². The molecule has 2 aliphatic rings. The smallest absolute Gasteiger partial charge is 0.317 e. The molecule has 124 valence electrons. The van der Waals surface area contributed by atoms with Gasteiger partial charge in [0.1, 0.15) is 5.75 Å². The van der Waals surface area contributed by atoms with Crippen LogP contribution >= 0.6 is 0 Å². The van der Waals surface area contributed by atoms with Gasteiger partial charge in [0, 0.05) is 25.0 Å². The summed E-state index contributed by atoms with van der Waals surface area (Å²) in [6.45, 7) is 0.934. The predicted octanol–water partition coefficient (Wildman–Crippen LogP) is 2.06. The standard InChI is InChI=1S/C17H22N2O4/c1-23-13-6-2-4-11(8-13)14-9-15(14)18-17(22)19-7-3-5-12(10-19)16(20)21/h2,4,6,8,12,14-15H,3,5,7,9-10H2,1H3,(H,18,22)(H,20,21)/t12?,14-,15+/m0/s1. The maximum atomic E-state index is 12.3. The molecule has 2 fully saturated rings. The summed E-state index contributed by atoms with van der Waals surface area (Å²) < 4.78 is 5.23. The molecule has 0 spiro atoms. The monoisotopic (exact) mass is 318 g/mol. The number of methoxy groups -OCH3 is 1. The second kappa shape index (κ2) is 6.48. The molecule has 1 aromatic rings. The summed E-state index contributed by atoms with van der Waals surface area (Å²) in [7, 11) is 1.64. The number of piperidine rings is 1. The first-order chi connectivity index (χ1) is 11.1. The molecular weight excluding hydrogens is 296 g/mol. The molecule has 3 rings (SSSR count). The van der Waals surface area contributed by atoms with Crippen molar-refractivity contribution in [1.29, 1.82) is 0 Å². The van der Waals surface area contributed by atoms with Crippen molar-refractivity contribution in [3.05, 3.63) is 29.8 Å². The van der Waals surface area contributed by atoms with Gasteiger partial charge in [-0.1, -0.05) is 12.1 Å². The SMILES string of the molecule is COc1cccc([C@@H]2C[C@H]2NC(=O)N2CCCC(C(=O)O)C2)c1. The molecule has 6 nitrogen and oxygen atoms in total. The summed E-state index contributed by atoms with van der Waals surface area (Å²) in [5, 5.41) is 12.1. The average Bonchev–Trinajstić information content (AvgIpc) is 3.34. The van der Waals surface area contributed by atoms with E-state index >= 15 is 0 Å². The molecule has 2 N–H and O–H groups in total. The molecule has 0 aromatic heterocycles. The van der Waals surface area contributed by atoms with E-state index in [0.29, 0.717) is 25.4 Å². The van der Waals surface area contributed by atoms with Crippen LogP contribution in [0.5, 0.6) is 5.75 Å². The van der Waals surface area contributed by atoms with Gasteiger partial charge in [-0.05, 0) is 37.0 Å². The zero-order valence-corrected chi connectivity index (χ0v) is 13.2. The number of benzene rings is 1. The van der Waals surface area contributed by atoms with Gasteiger partial charge in [-0.3, -0.25) is 4.79 Å². The minimum atomic E-state index is -0.817. The Kier molecular flexibility index (Phi) is 4.41. The van der Waals surface area contributed by atoms with Crippen LogP contribution in [0.15, 0.2) is 24.3 Å². The van der Waals surface area contributed by atoms with Crippen LogP contribution < -0.4 is 10.1 Å². The maximum absolute atomic E-state index is 12.3.